The fourth-order valence-corrected chi connectivity index (χ4v) is 7.67. The monoisotopic (exact) mass is 679 g/mol. The highest BCUT2D eigenvalue weighted by Gasteiger charge is 2.49. The largest absolute Gasteiger partial charge is 0.461 e. The molecule has 10 nitrogen and oxygen atoms in total. The molecule has 3 saturated heterocycles. The van der Waals surface area contributed by atoms with Crippen molar-refractivity contribution >= 4 is 17.4 Å². The number of carbonyl (C=O) groups is 1. The number of aryl methyl sites for hydroxylation is 1. The van der Waals surface area contributed by atoms with Crippen LogP contribution in [-0.4, -0.2) is 82.8 Å². The molecule has 6 rings (SSSR count). The first kappa shape index (κ1) is 33.8. The number of aromatic nitrogens is 2. The van der Waals surface area contributed by atoms with Gasteiger partial charge in [0.25, 0.3) is 5.91 Å². The number of carbonyl (C=O) groups excluding carboxylic acids is 1. The Kier molecular flexibility index (Phi) is 8.97. The van der Waals surface area contributed by atoms with Gasteiger partial charge in [-0.25, -0.2) is 13.2 Å². The lowest BCUT2D eigenvalue weighted by atomic mass is 9.91. The molecule has 2 N–H and O–H groups in total. The predicted molar refractivity (Wildman–Crippen MR) is 161 cm³/mol. The molecule has 4 aliphatic rings. The molecule has 0 saturated carbocycles. The van der Waals surface area contributed by atoms with E-state index in [0.717, 1.165) is 19.0 Å². The van der Waals surface area contributed by atoms with Gasteiger partial charge in [-0.15, -0.1) is 0 Å². The van der Waals surface area contributed by atoms with Gasteiger partial charge in [0.05, 0.1) is 53.7 Å². The van der Waals surface area contributed by atoms with Crippen molar-refractivity contribution in [1.82, 2.24) is 19.8 Å². The molecule has 2 aromatic rings. The second kappa shape index (κ2) is 12.7. The van der Waals surface area contributed by atoms with E-state index in [1.807, 2.05) is 11.0 Å². The van der Waals surface area contributed by atoms with Crippen LogP contribution in [0.25, 0.3) is 0 Å². The number of halogens is 6. The van der Waals surface area contributed by atoms with Gasteiger partial charge in [-0.1, -0.05) is 6.58 Å². The number of fused-ring (bicyclic) bond motifs is 2. The van der Waals surface area contributed by atoms with Crippen LogP contribution >= 0.6 is 0 Å². The predicted octanol–water partition coefficient (Wildman–Crippen LogP) is 4.71. The molecule has 0 radical (unpaired) electrons. The van der Waals surface area contributed by atoms with Gasteiger partial charge in [-0.2, -0.15) is 28.4 Å². The van der Waals surface area contributed by atoms with E-state index in [4.69, 9.17) is 15.2 Å². The van der Waals surface area contributed by atoms with Crippen LogP contribution in [0.4, 0.5) is 37.8 Å². The zero-order chi connectivity index (χ0) is 34.5. The summed E-state index contributed by atoms with van der Waals surface area (Å²) in [6, 6.07) is 2.10. The molecule has 4 aliphatic heterocycles. The molecule has 0 aliphatic carbocycles. The first-order valence-electron chi connectivity index (χ1n) is 15.7. The topological polar surface area (TPSA) is 121 Å². The van der Waals surface area contributed by atoms with E-state index >= 15 is 4.39 Å². The van der Waals surface area contributed by atoms with Crippen molar-refractivity contribution in [3.05, 3.63) is 52.2 Å². The highest BCUT2D eigenvalue weighted by molar-refractivity contribution is 5.91. The van der Waals surface area contributed by atoms with Crippen LogP contribution in [0.1, 0.15) is 59.7 Å². The van der Waals surface area contributed by atoms with Gasteiger partial charge in [0.2, 0.25) is 0 Å². The smallest absolute Gasteiger partial charge is 0.417 e. The van der Waals surface area contributed by atoms with Crippen molar-refractivity contribution < 1.29 is 40.6 Å². The van der Waals surface area contributed by atoms with Crippen molar-refractivity contribution in [2.24, 2.45) is 0 Å². The van der Waals surface area contributed by atoms with Crippen molar-refractivity contribution in [1.29, 1.82) is 5.26 Å². The zero-order valence-corrected chi connectivity index (χ0v) is 26.3. The third-order valence-electron chi connectivity index (χ3n) is 9.82. The van der Waals surface area contributed by atoms with Gasteiger partial charge in [0.15, 0.2) is 11.6 Å². The first-order valence-corrected chi connectivity index (χ1v) is 15.7. The van der Waals surface area contributed by atoms with Crippen LogP contribution < -0.4 is 15.4 Å². The van der Waals surface area contributed by atoms with Gasteiger partial charge >= 0.3 is 12.2 Å². The van der Waals surface area contributed by atoms with Gasteiger partial charge in [0, 0.05) is 50.1 Å². The average molecular weight is 680 g/mol. The summed E-state index contributed by atoms with van der Waals surface area (Å²) >= 11 is 0. The van der Waals surface area contributed by atoms with Crippen molar-refractivity contribution in [2.45, 2.75) is 75.7 Å². The summed E-state index contributed by atoms with van der Waals surface area (Å²) in [6.07, 6.45) is -5.87. The van der Waals surface area contributed by atoms with E-state index in [9.17, 15) is 32.0 Å². The Hall–Kier alpha value is -4.10. The number of ether oxygens (including phenoxy) is 2. The Morgan fingerprint density at radius 1 is 1.27 bits per heavy atom. The number of anilines is 2. The lowest BCUT2D eigenvalue weighted by Gasteiger charge is -2.42. The number of nitriles is 1. The SMILES string of the molecule is C=C(F)C(=O)N1CCN(c2nc(OC[C@@]34CCCN3C[C@H](F)C4)nc3c2COC(c2c(F)c(N)cc(C)c2C(F)(F)F)C3)C[C@@H]1CC#N. The molecule has 1 aromatic carbocycles. The molecule has 1 aromatic heterocycles. The van der Waals surface area contributed by atoms with Crippen LogP contribution in [0, 0.1) is 24.1 Å². The lowest BCUT2D eigenvalue weighted by Crippen LogP contribution is -2.55. The number of nitrogen functional groups attached to an aromatic ring is 1. The van der Waals surface area contributed by atoms with Crippen LogP contribution in [0.3, 0.4) is 0 Å². The molecule has 1 amide bonds. The van der Waals surface area contributed by atoms with Gasteiger partial charge < -0.3 is 25.0 Å². The van der Waals surface area contributed by atoms with E-state index < -0.39 is 64.4 Å². The molecular weight excluding hydrogens is 644 g/mol. The maximum Gasteiger partial charge on any atom is 0.417 e. The van der Waals surface area contributed by atoms with E-state index in [0.29, 0.717) is 24.3 Å². The van der Waals surface area contributed by atoms with E-state index in [1.54, 1.807) is 4.90 Å². The molecule has 258 valence electrons. The molecule has 4 atom stereocenters. The number of benzene rings is 1. The number of rotatable bonds is 7. The van der Waals surface area contributed by atoms with E-state index in [2.05, 4.69) is 16.5 Å². The summed E-state index contributed by atoms with van der Waals surface area (Å²) in [5.74, 6) is -3.04. The van der Waals surface area contributed by atoms with Gasteiger partial charge in [-0.05, 0) is 37.9 Å². The Bertz CT molecular complexity index is 1670. The van der Waals surface area contributed by atoms with Gasteiger partial charge in [0.1, 0.15) is 18.6 Å². The molecule has 48 heavy (non-hydrogen) atoms. The molecular formula is C32H35F6N7O3. The number of alkyl halides is 4. The van der Waals surface area contributed by atoms with Gasteiger partial charge in [-0.3, -0.25) is 9.69 Å². The van der Waals surface area contributed by atoms with Crippen LogP contribution in [-0.2, 0) is 28.7 Å². The second-order valence-corrected chi connectivity index (χ2v) is 12.9. The number of hydrogen-bond donors (Lipinski definition) is 1. The third kappa shape index (κ3) is 6.13. The fourth-order valence-electron chi connectivity index (χ4n) is 7.67. The minimum atomic E-state index is -4.90. The van der Waals surface area contributed by atoms with Crippen molar-refractivity contribution in [3.8, 4) is 12.1 Å². The number of amides is 1. The molecule has 0 spiro atoms. The highest BCUT2D eigenvalue weighted by atomic mass is 19.4. The van der Waals surface area contributed by atoms with E-state index in [-0.39, 0.29) is 69.4 Å². The highest BCUT2D eigenvalue weighted by Crippen LogP contribution is 2.45. The lowest BCUT2D eigenvalue weighted by molar-refractivity contribution is -0.140. The Morgan fingerprint density at radius 2 is 2.04 bits per heavy atom. The van der Waals surface area contributed by atoms with E-state index in [1.165, 1.54) is 11.8 Å². The van der Waals surface area contributed by atoms with Crippen LogP contribution in [0.5, 0.6) is 6.01 Å². The quantitative estimate of drug-likeness (QED) is 0.252. The maximum absolute atomic E-state index is 15.4. The summed E-state index contributed by atoms with van der Waals surface area (Å²) in [5, 5.41) is 9.46. The Labute approximate surface area is 273 Å². The van der Waals surface area contributed by atoms with Crippen molar-refractivity contribution in [2.75, 3.05) is 50.0 Å². The second-order valence-electron chi connectivity index (χ2n) is 12.9. The van der Waals surface area contributed by atoms with Crippen molar-refractivity contribution in [3.63, 3.8) is 0 Å². The molecule has 16 heteroatoms. The molecule has 0 bridgehead atoms. The normalized spacial score (nSPS) is 25.8. The molecule has 1 unspecified atom stereocenters. The maximum atomic E-state index is 15.4. The first-order chi connectivity index (χ1) is 22.7. The minimum Gasteiger partial charge on any atom is -0.461 e. The molecule has 3 fully saturated rings. The number of piperazine rings is 1. The Balaban J connectivity index is 1.38. The summed E-state index contributed by atoms with van der Waals surface area (Å²) in [5.41, 5.74) is 3.26. The third-order valence-corrected chi connectivity index (χ3v) is 9.82. The van der Waals surface area contributed by atoms with Crippen LogP contribution in [0.2, 0.25) is 0 Å². The Morgan fingerprint density at radius 3 is 2.75 bits per heavy atom. The number of nitrogens with zero attached hydrogens (tertiary/aromatic N) is 6. The molecule has 5 heterocycles. The summed E-state index contributed by atoms with van der Waals surface area (Å²) in [6.45, 7) is 5.29. The van der Waals surface area contributed by atoms with Crippen LogP contribution in [0.15, 0.2) is 18.5 Å². The minimum absolute atomic E-state index is 0.0191. The fraction of sp³-hybridized carbons (Fsp3) is 0.562. The summed E-state index contributed by atoms with van der Waals surface area (Å²) < 4.78 is 98.4. The summed E-state index contributed by atoms with van der Waals surface area (Å²) in [7, 11) is 0. The zero-order valence-electron chi connectivity index (χ0n) is 26.3. The summed E-state index contributed by atoms with van der Waals surface area (Å²) in [4.78, 5) is 26.7. The average Bonchev–Trinajstić information content (AvgIpc) is 3.55. The number of nitrogens with two attached hydrogens (primary N) is 1. The standard InChI is InChI=1S/C32H35F6N7O3/c1-17-10-22(40)27(35)25(26(17)32(36,37)38)24-11-23-21(15-47-24)28(43-8-9-45(29(46)18(2)33)20(14-43)4-6-39)42-30(41-23)48-16-31-5-3-7-44(31)13-19(34)12-31/h10,19-20,24H,2-5,7-9,11-16,40H2,1H3/t19-,20+,24?,31+/m1/s1. The number of hydrogen-bond acceptors (Lipinski definition) is 9.